The van der Waals surface area contributed by atoms with Crippen molar-refractivity contribution in [1.82, 2.24) is 5.32 Å². The molecule has 0 bridgehead atoms. The van der Waals surface area contributed by atoms with Gasteiger partial charge in [-0.05, 0) is 35.9 Å². The minimum Gasteiger partial charge on any atom is -0.395 e. The van der Waals surface area contributed by atoms with Crippen LogP contribution in [-0.2, 0) is 13.0 Å². The summed E-state index contributed by atoms with van der Waals surface area (Å²) in [5.74, 6) is 0. The Morgan fingerprint density at radius 2 is 1.70 bits per heavy atom. The average Bonchev–Trinajstić information content (AvgIpc) is 2.53. The molecule has 20 heavy (non-hydrogen) atoms. The molecule has 0 unspecified atom stereocenters. The third kappa shape index (κ3) is 4.67. The number of benzene rings is 2. The van der Waals surface area contributed by atoms with Crippen LogP contribution in [0.4, 0.5) is 0 Å². The predicted octanol–water partition coefficient (Wildman–Crippen LogP) is 3.10. The molecular weight excluding hydrogens is 266 g/mol. The number of aliphatic hydroxyl groups is 1. The Balaban J connectivity index is 1.86. The lowest BCUT2D eigenvalue weighted by Gasteiger charge is -2.16. The molecule has 106 valence electrons. The van der Waals surface area contributed by atoms with Gasteiger partial charge in [0.2, 0.25) is 0 Å². The number of hydrogen-bond donors (Lipinski definition) is 2. The van der Waals surface area contributed by atoms with Crippen LogP contribution in [0.25, 0.3) is 0 Å². The number of nitrogens with one attached hydrogen (secondary N) is 1. The van der Waals surface area contributed by atoms with E-state index < -0.39 is 0 Å². The van der Waals surface area contributed by atoms with Gasteiger partial charge in [-0.1, -0.05) is 42.5 Å². The molecule has 1 atom stereocenters. The Morgan fingerprint density at radius 1 is 1.00 bits per heavy atom. The van der Waals surface area contributed by atoms with E-state index in [2.05, 4.69) is 48.0 Å². The molecule has 2 aromatic carbocycles. The average molecular weight is 287 g/mol. The van der Waals surface area contributed by atoms with Gasteiger partial charge in [0.15, 0.2) is 0 Å². The van der Waals surface area contributed by atoms with Crippen molar-refractivity contribution in [3.63, 3.8) is 0 Å². The van der Waals surface area contributed by atoms with Gasteiger partial charge in [-0.15, -0.1) is 11.8 Å². The molecule has 2 N–H and O–H groups in total. The smallest absolute Gasteiger partial charge is 0.0587 e. The van der Waals surface area contributed by atoms with Gasteiger partial charge < -0.3 is 10.4 Å². The zero-order chi connectivity index (χ0) is 14.2. The van der Waals surface area contributed by atoms with Crippen molar-refractivity contribution in [2.75, 3.05) is 12.9 Å². The van der Waals surface area contributed by atoms with Crippen molar-refractivity contribution in [2.24, 2.45) is 0 Å². The Hall–Kier alpha value is -1.29. The monoisotopic (exact) mass is 287 g/mol. The van der Waals surface area contributed by atoms with Crippen molar-refractivity contribution in [3.8, 4) is 0 Å². The highest BCUT2D eigenvalue weighted by Crippen LogP contribution is 2.14. The molecular formula is C17H21NOS. The van der Waals surface area contributed by atoms with Crippen LogP contribution >= 0.6 is 11.8 Å². The van der Waals surface area contributed by atoms with Crippen LogP contribution in [-0.4, -0.2) is 24.0 Å². The first-order valence-corrected chi connectivity index (χ1v) is 8.05. The summed E-state index contributed by atoms with van der Waals surface area (Å²) in [4.78, 5) is 1.27. The molecule has 0 heterocycles. The highest BCUT2D eigenvalue weighted by Gasteiger charge is 2.07. The van der Waals surface area contributed by atoms with Gasteiger partial charge in [-0.2, -0.15) is 0 Å². The molecule has 0 saturated heterocycles. The third-order valence-electron chi connectivity index (χ3n) is 3.30. The van der Waals surface area contributed by atoms with Gasteiger partial charge in [-0.3, -0.25) is 0 Å². The van der Waals surface area contributed by atoms with E-state index >= 15 is 0 Å². The molecule has 2 rings (SSSR count). The molecule has 3 heteroatoms. The van der Waals surface area contributed by atoms with Crippen molar-refractivity contribution in [2.45, 2.75) is 23.9 Å². The van der Waals surface area contributed by atoms with Gasteiger partial charge in [0.05, 0.1) is 6.61 Å². The zero-order valence-corrected chi connectivity index (χ0v) is 12.6. The Labute approximate surface area is 125 Å². The molecule has 0 aliphatic rings. The van der Waals surface area contributed by atoms with Crippen LogP contribution in [0.5, 0.6) is 0 Å². The molecule has 0 aliphatic heterocycles. The number of hydrogen-bond acceptors (Lipinski definition) is 3. The maximum atomic E-state index is 9.48. The summed E-state index contributed by atoms with van der Waals surface area (Å²) in [6.45, 7) is 0.935. The molecule has 0 saturated carbocycles. The molecule has 2 aromatic rings. The van der Waals surface area contributed by atoms with E-state index in [4.69, 9.17) is 0 Å². The van der Waals surface area contributed by atoms with Crippen LogP contribution in [0, 0.1) is 0 Å². The normalized spacial score (nSPS) is 12.3. The van der Waals surface area contributed by atoms with Crippen molar-refractivity contribution < 1.29 is 5.11 Å². The van der Waals surface area contributed by atoms with E-state index in [1.165, 1.54) is 16.0 Å². The summed E-state index contributed by atoms with van der Waals surface area (Å²) in [6, 6.07) is 18.9. The van der Waals surface area contributed by atoms with Crippen LogP contribution in [0.2, 0.25) is 0 Å². The van der Waals surface area contributed by atoms with Crippen LogP contribution in [0.3, 0.4) is 0 Å². The van der Waals surface area contributed by atoms with Crippen LogP contribution in [0.15, 0.2) is 59.5 Å². The minimum atomic E-state index is 0.0950. The van der Waals surface area contributed by atoms with E-state index in [9.17, 15) is 5.11 Å². The summed E-state index contributed by atoms with van der Waals surface area (Å²) in [5.41, 5.74) is 2.49. The van der Waals surface area contributed by atoms with Crippen molar-refractivity contribution >= 4 is 11.8 Å². The fraction of sp³-hybridized carbons (Fsp3) is 0.294. The van der Waals surface area contributed by atoms with Gasteiger partial charge in [0, 0.05) is 17.5 Å². The topological polar surface area (TPSA) is 32.3 Å². The quantitative estimate of drug-likeness (QED) is 0.768. The maximum Gasteiger partial charge on any atom is 0.0587 e. The second kappa shape index (κ2) is 8.10. The first kappa shape index (κ1) is 15.1. The Bertz CT molecular complexity index is 498. The predicted molar refractivity (Wildman–Crippen MR) is 86.1 cm³/mol. The molecule has 2 nitrogen and oxygen atoms in total. The SMILES string of the molecule is CSc1ccc(CN[C@@H](CO)Cc2ccccc2)cc1. The fourth-order valence-corrected chi connectivity index (χ4v) is 2.51. The molecule has 0 radical (unpaired) electrons. The van der Waals surface area contributed by atoms with Crippen LogP contribution in [0.1, 0.15) is 11.1 Å². The lowest BCUT2D eigenvalue weighted by molar-refractivity contribution is 0.241. The molecule has 0 aromatic heterocycles. The Morgan fingerprint density at radius 3 is 2.30 bits per heavy atom. The van der Waals surface area contributed by atoms with Gasteiger partial charge >= 0.3 is 0 Å². The van der Waals surface area contributed by atoms with Gasteiger partial charge in [0.25, 0.3) is 0 Å². The lowest BCUT2D eigenvalue weighted by atomic mass is 10.1. The highest BCUT2D eigenvalue weighted by atomic mass is 32.2. The van der Waals surface area contributed by atoms with E-state index in [0.717, 1.165) is 13.0 Å². The summed E-state index contributed by atoms with van der Waals surface area (Å²) >= 11 is 1.75. The first-order valence-electron chi connectivity index (χ1n) is 6.83. The summed E-state index contributed by atoms with van der Waals surface area (Å²) in [5, 5.41) is 12.9. The minimum absolute atomic E-state index is 0.0950. The number of thioether (sulfide) groups is 1. The zero-order valence-electron chi connectivity index (χ0n) is 11.8. The summed E-state index contributed by atoms with van der Waals surface area (Å²) in [6.07, 6.45) is 2.93. The standard InChI is InChI=1S/C17H21NOS/c1-20-17-9-7-15(8-10-17)12-18-16(13-19)11-14-5-3-2-4-6-14/h2-10,16,18-19H,11-13H2,1H3/t16-/m1/s1. The molecule has 0 amide bonds. The molecule has 0 spiro atoms. The van der Waals surface area contributed by atoms with Crippen molar-refractivity contribution in [1.29, 1.82) is 0 Å². The second-order valence-electron chi connectivity index (χ2n) is 4.80. The molecule has 0 fully saturated rings. The Kier molecular flexibility index (Phi) is 6.12. The van der Waals surface area contributed by atoms with E-state index in [1.54, 1.807) is 11.8 Å². The van der Waals surface area contributed by atoms with E-state index in [1.807, 2.05) is 18.2 Å². The maximum absolute atomic E-state index is 9.48. The lowest BCUT2D eigenvalue weighted by Crippen LogP contribution is -2.34. The van der Waals surface area contributed by atoms with Gasteiger partial charge in [0.1, 0.15) is 0 Å². The van der Waals surface area contributed by atoms with Crippen LogP contribution < -0.4 is 5.32 Å². The summed E-state index contributed by atoms with van der Waals surface area (Å²) < 4.78 is 0. The third-order valence-corrected chi connectivity index (χ3v) is 4.04. The summed E-state index contributed by atoms with van der Waals surface area (Å²) in [7, 11) is 0. The van der Waals surface area contributed by atoms with Crippen molar-refractivity contribution in [3.05, 3.63) is 65.7 Å². The highest BCUT2D eigenvalue weighted by molar-refractivity contribution is 7.98. The fourth-order valence-electron chi connectivity index (χ4n) is 2.11. The largest absolute Gasteiger partial charge is 0.395 e. The van der Waals surface area contributed by atoms with E-state index in [-0.39, 0.29) is 12.6 Å². The first-order chi connectivity index (χ1) is 9.81. The van der Waals surface area contributed by atoms with E-state index in [0.29, 0.717) is 0 Å². The second-order valence-corrected chi connectivity index (χ2v) is 5.68. The number of aliphatic hydroxyl groups excluding tert-OH is 1. The number of rotatable bonds is 7. The molecule has 0 aliphatic carbocycles. The van der Waals surface area contributed by atoms with Gasteiger partial charge in [-0.25, -0.2) is 0 Å².